The quantitative estimate of drug-likeness (QED) is 0.609. The first kappa shape index (κ1) is 16.5. The molecule has 1 aliphatic rings. The fourth-order valence-electron chi connectivity index (χ4n) is 2.39. The van der Waals surface area contributed by atoms with Crippen molar-refractivity contribution >= 4 is 29.4 Å². The van der Waals surface area contributed by atoms with E-state index in [4.69, 9.17) is 5.84 Å². The largest absolute Gasteiger partial charge is 0.343 e. The van der Waals surface area contributed by atoms with Gasteiger partial charge in [-0.3, -0.25) is 4.79 Å². The van der Waals surface area contributed by atoms with E-state index in [0.29, 0.717) is 16.2 Å². The lowest BCUT2D eigenvalue weighted by Crippen LogP contribution is -2.32. The third-order valence-electron chi connectivity index (χ3n) is 3.65. The molecule has 2 rings (SSSR count). The van der Waals surface area contributed by atoms with Gasteiger partial charge in [-0.15, -0.1) is 10.2 Å². The van der Waals surface area contributed by atoms with Gasteiger partial charge in [0, 0.05) is 18.3 Å². The minimum atomic E-state index is 0.109. The van der Waals surface area contributed by atoms with Gasteiger partial charge in [-0.2, -0.15) is 0 Å². The highest BCUT2D eigenvalue weighted by Gasteiger charge is 2.21. The van der Waals surface area contributed by atoms with Gasteiger partial charge in [0.15, 0.2) is 0 Å². The molecule has 1 aliphatic carbocycles. The number of carbonyl (C=O) groups is 1. The molecular formula is C13H23N5OS2. The Balaban J connectivity index is 1.89. The first-order valence-electron chi connectivity index (χ1n) is 7.43. The van der Waals surface area contributed by atoms with Crippen molar-refractivity contribution in [2.45, 2.75) is 55.1 Å². The van der Waals surface area contributed by atoms with Gasteiger partial charge in [0.25, 0.3) is 0 Å². The lowest BCUT2D eigenvalue weighted by molar-refractivity contribution is -0.127. The molecule has 0 spiro atoms. The molecule has 118 valence electrons. The van der Waals surface area contributed by atoms with Gasteiger partial charge in [-0.1, -0.05) is 36.4 Å². The van der Waals surface area contributed by atoms with E-state index in [2.05, 4.69) is 10.2 Å². The Hall–Kier alpha value is -0.890. The smallest absolute Gasteiger partial charge is 0.233 e. The third-order valence-corrected chi connectivity index (χ3v) is 5.87. The molecule has 1 aromatic rings. The van der Waals surface area contributed by atoms with Crippen LogP contribution in [0.15, 0.2) is 10.3 Å². The number of hydrogen-bond acceptors (Lipinski definition) is 6. The summed E-state index contributed by atoms with van der Waals surface area (Å²) in [6.07, 6.45) is 5.02. The van der Waals surface area contributed by atoms with E-state index in [1.54, 1.807) is 16.7 Å². The van der Waals surface area contributed by atoms with Crippen LogP contribution in [0.25, 0.3) is 0 Å². The second kappa shape index (κ2) is 7.93. The Bertz CT molecular complexity index is 469. The van der Waals surface area contributed by atoms with Crippen LogP contribution in [-0.4, -0.2) is 49.8 Å². The number of carbonyl (C=O) groups excluding carboxylic acids is 1. The fourth-order valence-corrected chi connectivity index (χ4v) is 4.36. The maximum Gasteiger partial charge on any atom is 0.233 e. The monoisotopic (exact) mass is 329 g/mol. The Labute approximate surface area is 134 Å². The highest BCUT2D eigenvalue weighted by atomic mass is 32.2. The zero-order valence-electron chi connectivity index (χ0n) is 12.6. The maximum atomic E-state index is 12.0. The molecule has 0 aliphatic heterocycles. The first-order chi connectivity index (χ1) is 10.2. The van der Waals surface area contributed by atoms with Crippen molar-refractivity contribution < 1.29 is 4.79 Å². The number of thioether (sulfide) groups is 2. The van der Waals surface area contributed by atoms with E-state index in [1.807, 2.05) is 13.8 Å². The Morgan fingerprint density at radius 1 is 1.29 bits per heavy atom. The third kappa shape index (κ3) is 4.29. The highest BCUT2D eigenvalue weighted by molar-refractivity contribution is 8.00. The number of aromatic nitrogens is 3. The summed E-state index contributed by atoms with van der Waals surface area (Å²) in [6, 6.07) is 0. The predicted octanol–water partition coefficient (Wildman–Crippen LogP) is 1.99. The van der Waals surface area contributed by atoms with E-state index in [1.165, 1.54) is 42.1 Å². The second-order valence-electron chi connectivity index (χ2n) is 5.01. The zero-order valence-corrected chi connectivity index (χ0v) is 14.3. The molecule has 8 heteroatoms. The van der Waals surface area contributed by atoms with Crippen LogP contribution in [0, 0.1) is 0 Å². The van der Waals surface area contributed by atoms with Crippen molar-refractivity contribution in [3.63, 3.8) is 0 Å². The summed E-state index contributed by atoms with van der Waals surface area (Å²) >= 11 is 3.06. The number of nitrogens with two attached hydrogens (primary N) is 1. The topological polar surface area (TPSA) is 77.0 Å². The molecule has 0 bridgehead atoms. The number of hydrogen-bond donors (Lipinski definition) is 1. The molecule has 1 amide bonds. The molecule has 0 aromatic carbocycles. The summed E-state index contributed by atoms with van der Waals surface area (Å²) in [5, 5.41) is 10.2. The fraction of sp³-hybridized carbons (Fsp3) is 0.769. The van der Waals surface area contributed by atoms with Gasteiger partial charge in [0.1, 0.15) is 0 Å². The average molecular weight is 329 g/mol. The molecule has 0 saturated heterocycles. The maximum absolute atomic E-state index is 12.0. The molecular weight excluding hydrogens is 306 g/mol. The summed E-state index contributed by atoms with van der Waals surface area (Å²) in [6.45, 7) is 5.42. The second-order valence-corrected chi connectivity index (χ2v) is 7.22. The summed E-state index contributed by atoms with van der Waals surface area (Å²) in [5.74, 6) is 6.50. The summed E-state index contributed by atoms with van der Waals surface area (Å²) in [5.41, 5.74) is 0. The molecule has 1 aromatic heterocycles. The van der Waals surface area contributed by atoms with Crippen molar-refractivity contribution in [1.82, 2.24) is 19.8 Å². The lowest BCUT2D eigenvalue weighted by Gasteiger charge is -2.17. The van der Waals surface area contributed by atoms with Crippen LogP contribution in [0.1, 0.15) is 39.5 Å². The van der Waals surface area contributed by atoms with Crippen LogP contribution in [-0.2, 0) is 4.79 Å². The van der Waals surface area contributed by atoms with Crippen LogP contribution >= 0.6 is 23.5 Å². The van der Waals surface area contributed by atoms with Crippen molar-refractivity contribution in [2.75, 3.05) is 24.7 Å². The van der Waals surface area contributed by atoms with Crippen molar-refractivity contribution in [3.05, 3.63) is 0 Å². The van der Waals surface area contributed by atoms with Gasteiger partial charge >= 0.3 is 0 Å². The average Bonchev–Trinajstić information content (AvgIpc) is 3.10. The van der Waals surface area contributed by atoms with Crippen molar-refractivity contribution in [2.24, 2.45) is 0 Å². The zero-order chi connectivity index (χ0) is 15.2. The summed E-state index contributed by atoms with van der Waals surface area (Å²) in [7, 11) is 0. The minimum absolute atomic E-state index is 0.109. The van der Waals surface area contributed by atoms with E-state index < -0.39 is 0 Å². The van der Waals surface area contributed by atoms with Gasteiger partial charge in [-0.25, -0.2) is 4.68 Å². The van der Waals surface area contributed by atoms with Gasteiger partial charge in [0.2, 0.25) is 16.2 Å². The molecule has 1 heterocycles. The standard InChI is InChI=1S/C13H23N5OS2/c1-3-17(4-2)11(19)9-20-12-15-16-13(18(12)14)21-10-7-5-6-8-10/h10H,3-9,14H2,1-2H3. The normalized spacial score (nSPS) is 15.5. The predicted molar refractivity (Wildman–Crippen MR) is 86.9 cm³/mol. The molecule has 0 unspecified atom stereocenters. The van der Waals surface area contributed by atoms with Gasteiger partial charge < -0.3 is 10.7 Å². The van der Waals surface area contributed by atoms with Crippen LogP contribution in [0.5, 0.6) is 0 Å². The first-order valence-corrected chi connectivity index (χ1v) is 9.29. The molecule has 0 atom stereocenters. The Kier molecular flexibility index (Phi) is 6.22. The van der Waals surface area contributed by atoms with E-state index in [-0.39, 0.29) is 5.91 Å². The van der Waals surface area contributed by atoms with Gasteiger partial charge in [-0.05, 0) is 26.7 Å². The molecule has 21 heavy (non-hydrogen) atoms. The minimum Gasteiger partial charge on any atom is -0.343 e. The molecule has 1 fully saturated rings. The van der Waals surface area contributed by atoms with Crippen LogP contribution in [0.4, 0.5) is 0 Å². The van der Waals surface area contributed by atoms with Crippen molar-refractivity contribution in [3.8, 4) is 0 Å². The molecule has 6 nitrogen and oxygen atoms in total. The van der Waals surface area contributed by atoms with Crippen LogP contribution < -0.4 is 5.84 Å². The van der Waals surface area contributed by atoms with E-state index in [9.17, 15) is 4.79 Å². The number of amides is 1. The summed E-state index contributed by atoms with van der Waals surface area (Å²) in [4.78, 5) is 13.8. The number of rotatable bonds is 7. The Morgan fingerprint density at radius 3 is 2.52 bits per heavy atom. The highest BCUT2D eigenvalue weighted by Crippen LogP contribution is 2.34. The Morgan fingerprint density at radius 2 is 1.90 bits per heavy atom. The van der Waals surface area contributed by atoms with Gasteiger partial charge in [0.05, 0.1) is 5.75 Å². The van der Waals surface area contributed by atoms with Crippen LogP contribution in [0.2, 0.25) is 0 Å². The lowest BCUT2D eigenvalue weighted by atomic mass is 10.4. The molecule has 1 saturated carbocycles. The van der Waals surface area contributed by atoms with Crippen LogP contribution in [0.3, 0.4) is 0 Å². The molecule has 2 N–H and O–H groups in total. The van der Waals surface area contributed by atoms with E-state index in [0.717, 1.165) is 18.2 Å². The molecule has 0 radical (unpaired) electrons. The summed E-state index contributed by atoms with van der Waals surface area (Å²) < 4.78 is 1.52. The number of nitrogen functional groups attached to an aromatic ring is 1. The SMILES string of the molecule is CCN(CC)C(=O)CSc1nnc(SC2CCCC2)n1N. The van der Waals surface area contributed by atoms with Crippen molar-refractivity contribution in [1.29, 1.82) is 0 Å². The van der Waals surface area contributed by atoms with E-state index >= 15 is 0 Å². The number of nitrogens with zero attached hydrogens (tertiary/aromatic N) is 4.